The normalized spacial score (nSPS) is 20.1. The number of carbonyl (C=O) groups is 2. The van der Waals surface area contributed by atoms with Crippen LogP contribution in [0.4, 0.5) is 0 Å². The third-order valence-corrected chi connectivity index (χ3v) is 2.25. The minimum absolute atomic E-state index is 0.330. The molecule has 0 saturated heterocycles. The summed E-state index contributed by atoms with van der Waals surface area (Å²) in [6.07, 6.45) is 3.91. The van der Waals surface area contributed by atoms with Crippen molar-refractivity contribution >= 4 is 11.9 Å². The fourth-order valence-corrected chi connectivity index (χ4v) is 1.54. The van der Waals surface area contributed by atoms with Crippen LogP contribution in [0.15, 0.2) is 23.3 Å². The van der Waals surface area contributed by atoms with Crippen molar-refractivity contribution in [3.05, 3.63) is 23.3 Å². The lowest BCUT2D eigenvalue weighted by atomic mass is 9.91. The van der Waals surface area contributed by atoms with Gasteiger partial charge in [-0.15, -0.1) is 0 Å². The monoisotopic (exact) mass is 210 g/mol. The highest BCUT2D eigenvalue weighted by molar-refractivity contribution is 5.93. The topological polar surface area (TPSA) is 52.6 Å². The Morgan fingerprint density at radius 1 is 1.33 bits per heavy atom. The first-order valence-corrected chi connectivity index (χ1v) is 4.63. The maximum absolute atomic E-state index is 11.3. The molecule has 1 aliphatic rings. The van der Waals surface area contributed by atoms with Gasteiger partial charge in [0.15, 0.2) is 0 Å². The second-order valence-electron chi connectivity index (χ2n) is 3.44. The molecule has 0 fully saturated rings. The number of esters is 2. The number of carbonyl (C=O) groups excluding carboxylic acids is 2. The number of ether oxygens (including phenoxy) is 2. The van der Waals surface area contributed by atoms with Crippen molar-refractivity contribution in [2.24, 2.45) is 5.92 Å². The van der Waals surface area contributed by atoms with Gasteiger partial charge in [-0.05, 0) is 19.4 Å². The van der Waals surface area contributed by atoms with E-state index < -0.39 is 5.97 Å². The molecule has 1 unspecified atom stereocenters. The highest BCUT2D eigenvalue weighted by Crippen LogP contribution is 2.23. The van der Waals surface area contributed by atoms with Crippen molar-refractivity contribution in [3.63, 3.8) is 0 Å². The molecule has 1 aliphatic carbocycles. The highest BCUT2D eigenvalue weighted by Gasteiger charge is 2.23. The first-order valence-electron chi connectivity index (χ1n) is 4.63. The number of hydrogen-bond donors (Lipinski definition) is 0. The Morgan fingerprint density at radius 3 is 2.53 bits per heavy atom. The fourth-order valence-electron chi connectivity index (χ4n) is 1.54. The SMILES string of the molecule is COC(=O)C1=CC(C(=O)OC)CC(C)=C1. The Kier molecular flexibility index (Phi) is 3.66. The van der Waals surface area contributed by atoms with Gasteiger partial charge in [-0.3, -0.25) is 4.79 Å². The zero-order valence-corrected chi connectivity index (χ0v) is 9.07. The molecule has 15 heavy (non-hydrogen) atoms. The van der Waals surface area contributed by atoms with E-state index >= 15 is 0 Å². The largest absolute Gasteiger partial charge is 0.469 e. The van der Waals surface area contributed by atoms with Gasteiger partial charge in [0.2, 0.25) is 0 Å². The van der Waals surface area contributed by atoms with Crippen molar-refractivity contribution in [2.45, 2.75) is 13.3 Å². The van der Waals surface area contributed by atoms with Gasteiger partial charge in [0, 0.05) is 0 Å². The molecular formula is C11H14O4. The van der Waals surface area contributed by atoms with E-state index in [1.165, 1.54) is 14.2 Å². The Labute approximate surface area is 88.6 Å². The molecule has 0 radical (unpaired) electrons. The number of allylic oxidation sites excluding steroid dienone is 1. The van der Waals surface area contributed by atoms with E-state index in [1.54, 1.807) is 12.2 Å². The van der Waals surface area contributed by atoms with E-state index in [0.717, 1.165) is 5.57 Å². The molecule has 1 atom stereocenters. The molecule has 0 saturated carbocycles. The molecule has 0 spiro atoms. The zero-order valence-electron chi connectivity index (χ0n) is 9.07. The number of methoxy groups -OCH3 is 2. The molecule has 82 valence electrons. The van der Waals surface area contributed by atoms with Crippen molar-refractivity contribution in [1.29, 1.82) is 0 Å². The Balaban J connectivity index is 2.90. The molecule has 1 rings (SSSR count). The molecule has 0 heterocycles. The maximum Gasteiger partial charge on any atom is 0.337 e. The van der Waals surface area contributed by atoms with Gasteiger partial charge in [-0.25, -0.2) is 4.79 Å². The summed E-state index contributed by atoms with van der Waals surface area (Å²) in [5.74, 6) is -1.14. The summed E-state index contributed by atoms with van der Waals surface area (Å²) in [6, 6.07) is 0. The maximum atomic E-state index is 11.3. The fraction of sp³-hybridized carbons (Fsp3) is 0.455. The van der Waals surface area contributed by atoms with Gasteiger partial charge in [-0.1, -0.05) is 11.6 Å². The zero-order chi connectivity index (χ0) is 11.4. The molecule has 0 aromatic heterocycles. The average Bonchev–Trinajstić information content (AvgIpc) is 2.26. The van der Waals surface area contributed by atoms with E-state index in [1.807, 2.05) is 6.92 Å². The van der Waals surface area contributed by atoms with Crippen molar-refractivity contribution in [2.75, 3.05) is 14.2 Å². The van der Waals surface area contributed by atoms with Crippen molar-refractivity contribution in [1.82, 2.24) is 0 Å². The average molecular weight is 210 g/mol. The third kappa shape index (κ3) is 2.68. The second-order valence-corrected chi connectivity index (χ2v) is 3.44. The lowest BCUT2D eigenvalue weighted by molar-refractivity contribution is -0.143. The second kappa shape index (κ2) is 4.77. The van der Waals surface area contributed by atoms with Gasteiger partial charge in [0.25, 0.3) is 0 Å². The van der Waals surface area contributed by atoms with Crippen LogP contribution in [-0.2, 0) is 19.1 Å². The van der Waals surface area contributed by atoms with Crippen LogP contribution in [0.3, 0.4) is 0 Å². The Hall–Kier alpha value is -1.58. The lowest BCUT2D eigenvalue weighted by Gasteiger charge is -2.16. The third-order valence-electron chi connectivity index (χ3n) is 2.25. The summed E-state index contributed by atoms with van der Waals surface area (Å²) in [6.45, 7) is 1.87. The minimum Gasteiger partial charge on any atom is -0.469 e. The molecule has 0 aliphatic heterocycles. The van der Waals surface area contributed by atoms with Gasteiger partial charge >= 0.3 is 11.9 Å². The van der Waals surface area contributed by atoms with Crippen molar-refractivity contribution in [3.8, 4) is 0 Å². The van der Waals surface area contributed by atoms with E-state index in [9.17, 15) is 9.59 Å². The summed E-state index contributed by atoms with van der Waals surface area (Å²) in [5, 5.41) is 0. The van der Waals surface area contributed by atoms with Crippen LogP contribution in [0.5, 0.6) is 0 Å². The van der Waals surface area contributed by atoms with E-state index in [0.29, 0.717) is 12.0 Å². The van der Waals surface area contributed by atoms with E-state index in [2.05, 4.69) is 9.47 Å². The highest BCUT2D eigenvalue weighted by atomic mass is 16.5. The van der Waals surface area contributed by atoms with Crippen molar-refractivity contribution < 1.29 is 19.1 Å². The summed E-state index contributed by atoms with van der Waals surface area (Å²) < 4.78 is 9.23. The number of hydrogen-bond acceptors (Lipinski definition) is 4. The van der Waals surface area contributed by atoms with Gasteiger partial charge < -0.3 is 9.47 Å². The van der Waals surface area contributed by atoms with Gasteiger partial charge in [-0.2, -0.15) is 0 Å². The van der Waals surface area contributed by atoms with Crippen LogP contribution in [0.1, 0.15) is 13.3 Å². The van der Waals surface area contributed by atoms with Crippen LogP contribution in [-0.4, -0.2) is 26.2 Å². The molecule has 0 N–H and O–H groups in total. The van der Waals surface area contributed by atoms with Gasteiger partial charge in [0.1, 0.15) is 0 Å². The molecule has 0 aromatic carbocycles. The molecule has 4 heteroatoms. The lowest BCUT2D eigenvalue weighted by Crippen LogP contribution is -2.19. The summed E-state index contributed by atoms with van der Waals surface area (Å²) in [4.78, 5) is 22.6. The van der Waals surface area contributed by atoms with Crippen LogP contribution in [0.25, 0.3) is 0 Å². The number of rotatable bonds is 2. The van der Waals surface area contributed by atoms with E-state index in [4.69, 9.17) is 0 Å². The molecule has 0 aromatic rings. The van der Waals surface area contributed by atoms with Crippen LogP contribution >= 0.6 is 0 Å². The van der Waals surface area contributed by atoms with Crippen LogP contribution in [0.2, 0.25) is 0 Å². The summed E-state index contributed by atoms with van der Waals surface area (Å²) >= 11 is 0. The first kappa shape index (κ1) is 11.5. The molecular weight excluding hydrogens is 196 g/mol. The smallest absolute Gasteiger partial charge is 0.337 e. The quantitative estimate of drug-likeness (QED) is 0.643. The predicted molar refractivity (Wildman–Crippen MR) is 54.0 cm³/mol. The Bertz CT molecular complexity index is 338. The predicted octanol–water partition coefficient (Wildman–Crippen LogP) is 1.22. The van der Waals surface area contributed by atoms with Crippen LogP contribution in [0, 0.1) is 5.92 Å². The summed E-state index contributed by atoms with van der Waals surface area (Å²) in [5.41, 5.74) is 1.38. The molecule has 0 bridgehead atoms. The molecule has 4 nitrogen and oxygen atoms in total. The van der Waals surface area contributed by atoms with Gasteiger partial charge in [0.05, 0.1) is 25.7 Å². The minimum atomic E-state index is -0.428. The first-order chi connectivity index (χ1) is 7.08. The van der Waals surface area contributed by atoms with Crippen LogP contribution < -0.4 is 0 Å². The van der Waals surface area contributed by atoms with E-state index in [-0.39, 0.29) is 11.9 Å². The standard InChI is InChI=1S/C11H14O4/c1-7-4-8(10(12)14-2)6-9(5-7)11(13)15-3/h4,6,9H,5H2,1-3H3. The summed E-state index contributed by atoms with van der Waals surface area (Å²) in [7, 11) is 2.65. The Morgan fingerprint density at radius 2 is 2.00 bits per heavy atom. The molecule has 0 amide bonds.